The highest BCUT2D eigenvalue weighted by molar-refractivity contribution is 6.36. The van der Waals surface area contributed by atoms with Crippen molar-refractivity contribution in [2.24, 2.45) is 0 Å². The lowest BCUT2D eigenvalue weighted by molar-refractivity contribution is 0.0600. The van der Waals surface area contributed by atoms with Crippen molar-refractivity contribution in [2.75, 3.05) is 12.5 Å². The predicted molar refractivity (Wildman–Crippen MR) is 93.2 cm³/mol. The highest BCUT2D eigenvalue weighted by Crippen LogP contribution is 2.24. The highest BCUT2D eigenvalue weighted by atomic mass is 35.5. The molecule has 0 aliphatic heterocycles. The van der Waals surface area contributed by atoms with Crippen LogP contribution in [-0.2, 0) is 11.3 Å². The molecule has 6 nitrogen and oxygen atoms in total. The second kappa shape index (κ2) is 8.42. The summed E-state index contributed by atoms with van der Waals surface area (Å²) in [6, 6.07) is 11.2. The van der Waals surface area contributed by atoms with Crippen molar-refractivity contribution in [3.05, 3.63) is 63.6 Å². The molecule has 0 unspecified atom stereocenters. The number of carbonyl (C=O) groups is 2. The fraction of sp³-hybridized carbons (Fsp3) is 0.125. The summed E-state index contributed by atoms with van der Waals surface area (Å²) in [4.78, 5) is 23.1. The minimum Gasteiger partial charge on any atom is -0.465 e. The maximum absolute atomic E-state index is 11.8. The molecule has 0 spiro atoms. The molecule has 0 heterocycles. The molecule has 3 N–H and O–H groups in total. The topological polar surface area (TPSA) is 79.5 Å². The molecule has 0 aliphatic carbocycles. The molecule has 0 saturated carbocycles. The lowest BCUT2D eigenvalue weighted by atomic mass is 10.1. The summed E-state index contributed by atoms with van der Waals surface area (Å²) in [7, 11) is 1.32. The SMILES string of the molecule is COC(=O)c1ccc(CNC(=O)NNc2ccc(Cl)cc2Cl)cc1. The summed E-state index contributed by atoms with van der Waals surface area (Å²) < 4.78 is 4.62. The van der Waals surface area contributed by atoms with Gasteiger partial charge in [-0.1, -0.05) is 35.3 Å². The molecule has 0 fully saturated rings. The third-order valence-electron chi connectivity index (χ3n) is 3.07. The van der Waals surface area contributed by atoms with Crippen LogP contribution in [-0.4, -0.2) is 19.1 Å². The van der Waals surface area contributed by atoms with E-state index >= 15 is 0 Å². The van der Waals surface area contributed by atoms with Crippen molar-refractivity contribution in [1.29, 1.82) is 0 Å². The number of benzene rings is 2. The van der Waals surface area contributed by atoms with Crippen molar-refractivity contribution in [3.8, 4) is 0 Å². The Balaban J connectivity index is 1.81. The lowest BCUT2D eigenvalue weighted by Crippen LogP contribution is -2.38. The van der Waals surface area contributed by atoms with Gasteiger partial charge in [0, 0.05) is 11.6 Å². The largest absolute Gasteiger partial charge is 0.465 e. The average molecular weight is 368 g/mol. The van der Waals surface area contributed by atoms with E-state index in [1.807, 2.05) is 0 Å². The van der Waals surface area contributed by atoms with Crippen LogP contribution in [0, 0.1) is 0 Å². The summed E-state index contributed by atoms with van der Waals surface area (Å²) in [6.45, 7) is 0.295. The van der Waals surface area contributed by atoms with E-state index < -0.39 is 12.0 Å². The molecule has 2 aromatic carbocycles. The number of urea groups is 1. The zero-order chi connectivity index (χ0) is 17.5. The normalized spacial score (nSPS) is 9.96. The first-order valence-electron chi connectivity index (χ1n) is 6.92. The summed E-state index contributed by atoms with van der Waals surface area (Å²) >= 11 is 11.8. The minimum atomic E-state index is -0.432. The van der Waals surface area contributed by atoms with Crippen LogP contribution in [0.1, 0.15) is 15.9 Å². The van der Waals surface area contributed by atoms with Gasteiger partial charge in [0.05, 0.1) is 23.4 Å². The van der Waals surface area contributed by atoms with E-state index in [9.17, 15) is 9.59 Å². The van der Waals surface area contributed by atoms with Gasteiger partial charge < -0.3 is 10.1 Å². The van der Waals surface area contributed by atoms with E-state index in [0.717, 1.165) is 5.56 Å². The first-order chi connectivity index (χ1) is 11.5. The third-order valence-corrected chi connectivity index (χ3v) is 3.62. The van der Waals surface area contributed by atoms with E-state index in [-0.39, 0.29) is 0 Å². The number of hydrogen-bond acceptors (Lipinski definition) is 4. The molecular formula is C16H15Cl2N3O3. The van der Waals surface area contributed by atoms with E-state index in [1.54, 1.807) is 42.5 Å². The Hall–Kier alpha value is -2.44. The molecule has 2 rings (SSSR count). The number of rotatable bonds is 5. The van der Waals surface area contributed by atoms with E-state index in [1.165, 1.54) is 7.11 Å². The van der Waals surface area contributed by atoms with Gasteiger partial charge >= 0.3 is 12.0 Å². The van der Waals surface area contributed by atoms with Crippen LogP contribution in [0.15, 0.2) is 42.5 Å². The van der Waals surface area contributed by atoms with Gasteiger partial charge in [0.15, 0.2) is 0 Å². The Kier molecular flexibility index (Phi) is 6.28. The van der Waals surface area contributed by atoms with Crippen LogP contribution >= 0.6 is 23.2 Å². The monoisotopic (exact) mass is 367 g/mol. The van der Waals surface area contributed by atoms with Crippen LogP contribution < -0.4 is 16.2 Å². The summed E-state index contributed by atoms with van der Waals surface area (Å²) in [5.41, 5.74) is 6.97. The van der Waals surface area contributed by atoms with Gasteiger partial charge in [0.1, 0.15) is 0 Å². The average Bonchev–Trinajstić information content (AvgIpc) is 2.59. The van der Waals surface area contributed by atoms with E-state index in [4.69, 9.17) is 23.2 Å². The maximum Gasteiger partial charge on any atom is 0.337 e. The van der Waals surface area contributed by atoms with Crippen LogP contribution in [0.3, 0.4) is 0 Å². The molecule has 24 heavy (non-hydrogen) atoms. The van der Waals surface area contributed by atoms with Gasteiger partial charge in [-0.15, -0.1) is 0 Å². The minimum absolute atomic E-state index is 0.295. The van der Waals surface area contributed by atoms with Crippen molar-refractivity contribution in [1.82, 2.24) is 10.7 Å². The zero-order valence-electron chi connectivity index (χ0n) is 12.7. The standard InChI is InChI=1S/C16H15Cl2N3O3/c1-24-15(22)11-4-2-10(3-5-11)9-19-16(23)21-20-14-7-6-12(17)8-13(14)18/h2-8,20H,9H2,1H3,(H2,19,21,23). The molecule has 0 saturated heterocycles. The van der Waals surface area contributed by atoms with Crippen molar-refractivity contribution in [3.63, 3.8) is 0 Å². The number of ether oxygens (including phenoxy) is 1. The molecule has 0 radical (unpaired) electrons. The number of hydrazine groups is 1. The van der Waals surface area contributed by atoms with Crippen molar-refractivity contribution < 1.29 is 14.3 Å². The maximum atomic E-state index is 11.8. The number of anilines is 1. The number of hydrogen-bond donors (Lipinski definition) is 3. The molecule has 0 atom stereocenters. The fourth-order valence-corrected chi connectivity index (χ4v) is 2.27. The van der Waals surface area contributed by atoms with E-state index in [0.29, 0.717) is 27.8 Å². The van der Waals surface area contributed by atoms with Gasteiger partial charge in [-0.05, 0) is 35.9 Å². The molecule has 2 amide bonds. The number of nitrogens with one attached hydrogen (secondary N) is 3. The summed E-state index contributed by atoms with van der Waals surface area (Å²) in [6.07, 6.45) is 0. The third kappa shape index (κ3) is 5.04. The molecule has 0 bridgehead atoms. The van der Waals surface area contributed by atoms with Gasteiger partial charge in [-0.2, -0.15) is 0 Å². The summed E-state index contributed by atoms with van der Waals surface area (Å²) in [5, 5.41) is 3.56. The predicted octanol–water partition coefficient (Wildman–Crippen LogP) is 3.61. The molecule has 8 heteroatoms. The molecule has 126 valence electrons. The number of esters is 1. The Morgan fingerprint density at radius 2 is 1.79 bits per heavy atom. The second-order valence-electron chi connectivity index (χ2n) is 4.75. The molecule has 0 aromatic heterocycles. The summed E-state index contributed by atoms with van der Waals surface area (Å²) in [5.74, 6) is -0.406. The number of amides is 2. The van der Waals surface area contributed by atoms with Gasteiger partial charge in [-0.3, -0.25) is 10.9 Å². The Morgan fingerprint density at radius 3 is 2.42 bits per heavy atom. The first-order valence-corrected chi connectivity index (χ1v) is 7.67. The Morgan fingerprint density at radius 1 is 1.08 bits per heavy atom. The second-order valence-corrected chi connectivity index (χ2v) is 5.59. The Labute approximate surface area is 149 Å². The smallest absolute Gasteiger partial charge is 0.337 e. The highest BCUT2D eigenvalue weighted by Gasteiger charge is 2.06. The molecule has 0 aliphatic rings. The van der Waals surface area contributed by atoms with Crippen LogP contribution in [0.2, 0.25) is 10.0 Å². The van der Waals surface area contributed by atoms with Crippen molar-refractivity contribution in [2.45, 2.75) is 6.54 Å². The van der Waals surface area contributed by atoms with Gasteiger partial charge in [0.2, 0.25) is 0 Å². The number of halogens is 2. The molecule has 2 aromatic rings. The lowest BCUT2D eigenvalue weighted by Gasteiger charge is -2.11. The van der Waals surface area contributed by atoms with Crippen LogP contribution in [0.25, 0.3) is 0 Å². The zero-order valence-corrected chi connectivity index (χ0v) is 14.2. The van der Waals surface area contributed by atoms with E-state index in [2.05, 4.69) is 20.9 Å². The quantitative estimate of drug-likeness (QED) is 0.557. The van der Waals surface area contributed by atoms with Gasteiger partial charge in [0.25, 0.3) is 0 Å². The number of methoxy groups -OCH3 is 1. The number of carbonyl (C=O) groups excluding carboxylic acids is 2. The first kappa shape index (κ1) is 17.9. The van der Waals surface area contributed by atoms with Crippen LogP contribution in [0.5, 0.6) is 0 Å². The molecular weight excluding hydrogens is 353 g/mol. The Bertz CT molecular complexity index is 736. The van der Waals surface area contributed by atoms with Crippen molar-refractivity contribution >= 4 is 40.9 Å². The fourth-order valence-electron chi connectivity index (χ4n) is 1.82. The van der Waals surface area contributed by atoms with Gasteiger partial charge in [-0.25, -0.2) is 9.59 Å². The van der Waals surface area contributed by atoms with Crippen LogP contribution in [0.4, 0.5) is 10.5 Å².